The molecule has 0 radical (unpaired) electrons. The molecular formula is C17H19N3O2. The average Bonchev–Trinajstić information content (AvgIpc) is 3.00. The van der Waals surface area contributed by atoms with Crippen molar-refractivity contribution in [1.29, 1.82) is 0 Å². The first-order valence-electron chi connectivity index (χ1n) is 7.56. The Morgan fingerprint density at radius 1 is 1.18 bits per heavy atom. The number of rotatable bonds is 3. The molecule has 2 heterocycles. The van der Waals surface area contributed by atoms with Gasteiger partial charge in [0.05, 0.1) is 0 Å². The molecule has 114 valence electrons. The summed E-state index contributed by atoms with van der Waals surface area (Å²) in [5, 5.41) is 5.66. The third-order valence-electron chi connectivity index (χ3n) is 3.85. The van der Waals surface area contributed by atoms with Gasteiger partial charge in [0.1, 0.15) is 6.04 Å². The minimum absolute atomic E-state index is 0.0904. The summed E-state index contributed by atoms with van der Waals surface area (Å²) in [7, 11) is 0. The van der Waals surface area contributed by atoms with Crippen LogP contribution in [0.4, 0.5) is 0 Å². The maximum Gasteiger partial charge on any atom is 0.252 e. The molecule has 1 aromatic carbocycles. The summed E-state index contributed by atoms with van der Waals surface area (Å²) in [6, 6.07) is 10.8. The summed E-state index contributed by atoms with van der Waals surface area (Å²) in [4.78, 5) is 24.3. The minimum atomic E-state index is -0.440. The molecule has 3 rings (SSSR count). The van der Waals surface area contributed by atoms with Crippen molar-refractivity contribution >= 4 is 11.8 Å². The number of nitrogens with zero attached hydrogens (tertiary/aromatic N) is 1. The van der Waals surface area contributed by atoms with Crippen LogP contribution in [0, 0.1) is 0 Å². The highest BCUT2D eigenvalue weighted by Gasteiger charge is 2.22. The van der Waals surface area contributed by atoms with Crippen LogP contribution >= 0.6 is 0 Å². The van der Waals surface area contributed by atoms with Crippen LogP contribution in [0.15, 0.2) is 48.8 Å². The van der Waals surface area contributed by atoms with Gasteiger partial charge in [0.15, 0.2) is 0 Å². The molecule has 1 aliphatic heterocycles. The Hall–Kier alpha value is -2.56. The second kappa shape index (κ2) is 6.47. The molecule has 0 spiro atoms. The van der Waals surface area contributed by atoms with Crippen molar-refractivity contribution in [2.24, 2.45) is 0 Å². The first kappa shape index (κ1) is 14.4. The fraction of sp³-hybridized carbons (Fsp3) is 0.294. The molecule has 0 bridgehead atoms. The number of aromatic nitrogens is 1. The Balaban J connectivity index is 1.74. The Bertz CT molecular complexity index is 664. The molecule has 2 aromatic rings. The van der Waals surface area contributed by atoms with E-state index in [4.69, 9.17) is 0 Å². The molecule has 1 saturated heterocycles. The highest BCUT2D eigenvalue weighted by atomic mass is 16.2. The first-order valence-corrected chi connectivity index (χ1v) is 7.56. The van der Waals surface area contributed by atoms with Crippen molar-refractivity contribution in [3.8, 4) is 5.69 Å². The summed E-state index contributed by atoms with van der Waals surface area (Å²) in [6.45, 7) is 0.689. The highest BCUT2D eigenvalue weighted by molar-refractivity contribution is 5.98. The number of benzene rings is 1. The van der Waals surface area contributed by atoms with Crippen molar-refractivity contribution in [3.63, 3.8) is 0 Å². The number of nitrogens with one attached hydrogen (secondary N) is 2. The van der Waals surface area contributed by atoms with E-state index < -0.39 is 6.04 Å². The highest BCUT2D eigenvalue weighted by Crippen LogP contribution is 2.12. The lowest BCUT2D eigenvalue weighted by molar-refractivity contribution is -0.122. The second-order valence-electron chi connectivity index (χ2n) is 5.45. The lowest BCUT2D eigenvalue weighted by Crippen LogP contribution is -2.45. The smallest absolute Gasteiger partial charge is 0.252 e. The standard InChI is InChI=1S/C17H19N3O2/c21-16(19-15-8-1-2-9-18-17(15)22)13-6-5-7-14(12-13)20-10-3-4-11-20/h3-7,10-12,15H,1-2,8-9H2,(H,18,22)(H,19,21)/t15-/m1/s1. The van der Waals surface area contributed by atoms with E-state index >= 15 is 0 Å². The van der Waals surface area contributed by atoms with Gasteiger partial charge < -0.3 is 15.2 Å². The van der Waals surface area contributed by atoms with Gasteiger partial charge in [-0.1, -0.05) is 6.07 Å². The SMILES string of the molecule is O=C(N[C@@H]1CCCCNC1=O)c1cccc(-n2cccc2)c1. The molecule has 0 saturated carbocycles. The fourth-order valence-electron chi connectivity index (χ4n) is 2.63. The Kier molecular flexibility index (Phi) is 4.23. The third-order valence-corrected chi connectivity index (χ3v) is 3.85. The zero-order chi connectivity index (χ0) is 15.4. The molecule has 1 fully saturated rings. The van der Waals surface area contributed by atoms with Crippen LogP contribution in [0.3, 0.4) is 0 Å². The van der Waals surface area contributed by atoms with Crippen LogP contribution in [0.25, 0.3) is 5.69 Å². The second-order valence-corrected chi connectivity index (χ2v) is 5.45. The molecule has 5 nitrogen and oxygen atoms in total. The van der Waals surface area contributed by atoms with E-state index in [9.17, 15) is 9.59 Å². The third kappa shape index (κ3) is 3.19. The van der Waals surface area contributed by atoms with Gasteiger partial charge in [0.2, 0.25) is 5.91 Å². The summed E-state index contributed by atoms with van der Waals surface area (Å²) in [6.07, 6.45) is 6.44. The Labute approximate surface area is 129 Å². The van der Waals surface area contributed by atoms with E-state index in [0.29, 0.717) is 18.5 Å². The van der Waals surface area contributed by atoms with Crippen LogP contribution in [0.1, 0.15) is 29.6 Å². The van der Waals surface area contributed by atoms with Gasteiger partial charge in [-0.25, -0.2) is 0 Å². The molecule has 1 aromatic heterocycles. The van der Waals surface area contributed by atoms with Crippen LogP contribution in [-0.4, -0.2) is 29.0 Å². The largest absolute Gasteiger partial charge is 0.354 e. The maximum absolute atomic E-state index is 12.4. The van der Waals surface area contributed by atoms with E-state index in [-0.39, 0.29) is 11.8 Å². The van der Waals surface area contributed by atoms with E-state index in [1.54, 1.807) is 6.07 Å². The van der Waals surface area contributed by atoms with Gasteiger partial charge in [-0.05, 0) is 49.6 Å². The average molecular weight is 297 g/mol. The predicted molar refractivity (Wildman–Crippen MR) is 83.9 cm³/mol. The number of carbonyl (C=O) groups excluding carboxylic acids is 2. The van der Waals surface area contributed by atoms with Gasteiger partial charge in [0.25, 0.3) is 5.91 Å². The summed E-state index contributed by atoms with van der Waals surface area (Å²) in [5.41, 5.74) is 1.48. The molecule has 0 aliphatic carbocycles. The summed E-state index contributed by atoms with van der Waals surface area (Å²) >= 11 is 0. The van der Waals surface area contributed by atoms with Gasteiger partial charge in [0, 0.05) is 30.2 Å². The van der Waals surface area contributed by atoms with Gasteiger partial charge in [-0.3, -0.25) is 9.59 Å². The lowest BCUT2D eigenvalue weighted by atomic mass is 10.1. The van der Waals surface area contributed by atoms with E-state index in [1.165, 1.54) is 0 Å². The Morgan fingerprint density at radius 2 is 2.00 bits per heavy atom. The zero-order valence-corrected chi connectivity index (χ0v) is 12.3. The van der Waals surface area contributed by atoms with Crippen molar-refractivity contribution < 1.29 is 9.59 Å². The molecule has 2 amide bonds. The maximum atomic E-state index is 12.4. The summed E-state index contributed by atoms with van der Waals surface area (Å²) < 4.78 is 1.94. The van der Waals surface area contributed by atoms with Crippen LogP contribution in [0.2, 0.25) is 0 Å². The van der Waals surface area contributed by atoms with Crippen molar-refractivity contribution in [2.45, 2.75) is 25.3 Å². The summed E-state index contributed by atoms with van der Waals surface area (Å²) in [5.74, 6) is -0.302. The zero-order valence-electron chi connectivity index (χ0n) is 12.3. The number of carbonyl (C=O) groups is 2. The van der Waals surface area contributed by atoms with Crippen LogP contribution in [-0.2, 0) is 4.79 Å². The van der Waals surface area contributed by atoms with Crippen molar-refractivity contribution in [3.05, 3.63) is 54.4 Å². The normalized spacial score (nSPS) is 18.4. The van der Waals surface area contributed by atoms with Crippen molar-refractivity contribution in [2.75, 3.05) is 6.54 Å². The van der Waals surface area contributed by atoms with Crippen molar-refractivity contribution in [1.82, 2.24) is 15.2 Å². The molecular weight excluding hydrogens is 278 g/mol. The van der Waals surface area contributed by atoms with Crippen LogP contribution in [0.5, 0.6) is 0 Å². The van der Waals surface area contributed by atoms with Gasteiger partial charge >= 0.3 is 0 Å². The fourth-order valence-corrected chi connectivity index (χ4v) is 2.63. The first-order chi connectivity index (χ1) is 10.7. The van der Waals surface area contributed by atoms with E-state index in [2.05, 4.69) is 10.6 Å². The molecule has 0 unspecified atom stereocenters. The van der Waals surface area contributed by atoms with Gasteiger partial charge in [-0.15, -0.1) is 0 Å². The lowest BCUT2D eigenvalue weighted by Gasteiger charge is -2.15. The molecule has 1 aliphatic rings. The van der Waals surface area contributed by atoms with Crippen LogP contribution < -0.4 is 10.6 Å². The molecule has 2 N–H and O–H groups in total. The quantitative estimate of drug-likeness (QED) is 0.908. The molecule has 1 atom stereocenters. The number of hydrogen-bond acceptors (Lipinski definition) is 2. The van der Waals surface area contributed by atoms with Gasteiger partial charge in [-0.2, -0.15) is 0 Å². The molecule has 5 heteroatoms. The minimum Gasteiger partial charge on any atom is -0.354 e. The number of amides is 2. The monoisotopic (exact) mass is 297 g/mol. The predicted octanol–water partition coefficient (Wildman–Crippen LogP) is 1.88. The topological polar surface area (TPSA) is 63.1 Å². The molecule has 22 heavy (non-hydrogen) atoms. The number of hydrogen-bond donors (Lipinski definition) is 2. The Morgan fingerprint density at radius 3 is 2.82 bits per heavy atom. The van der Waals surface area contributed by atoms with E-state index in [1.807, 2.05) is 47.3 Å². The van der Waals surface area contributed by atoms with E-state index in [0.717, 1.165) is 18.5 Å².